The molecule has 14 heteroatoms. The average molecular weight is 450 g/mol. The highest BCUT2D eigenvalue weighted by atomic mass is 32.2. The number of nitrogens with two attached hydrogens (primary N) is 1. The molecule has 4 unspecified atom stereocenters. The van der Waals surface area contributed by atoms with E-state index in [1.165, 1.54) is 18.7 Å². The molecular weight excluding hydrogens is 424 g/mol. The lowest BCUT2D eigenvalue weighted by molar-refractivity contribution is -0.148. The molecule has 0 saturated heterocycles. The summed E-state index contributed by atoms with van der Waals surface area (Å²) in [5.41, 5.74) is 5.69. The Kier molecular flexibility index (Phi) is 12.1. The Hall–Kier alpha value is -2.87. The molecule has 30 heavy (non-hydrogen) atoms. The van der Waals surface area contributed by atoms with E-state index in [1.807, 2.05) is 11.6 Å². The van der Waals surface area contributed by atoms with Gasteiger partial charge in [-0.1, -0.05) is 0 Å². The average Bonchev–Trinajstić information content (AvgIpc) is 2.63. The standard InChI is InChI=1S/C16H26N4O9S/c1-7(18-14(26)8(17)3-4-30-2)13(25)19-9(5-11(21)22)15(27)20-10(16(28)29)6-12(23)24/h7-10H,3-6,17H2,1-2H3,(H,18,26)(H,19,25)(H,20,27)(H,21,22)(H,23,24)(H,28,29). The minimum atomic E-state index is -1.82. The number of carboxylic acids is 3. The molecule has 4 atom stereocenters. The summed E-state index contributed by atoms with van der Waals surface area (Å²) in [4.78, 5) is 69.2. The molecule has 0 aliphatic heterocycles. The third-order valence-electron chi connectivity index (χ3n) is 3.73. The van der Waals surface area contributed by atoms with Crippen LogP contribution in [0.15, 0.2) is 0 Å². The van der Waals surface area contributed by atoms with Gasteiger partial charge in [0.2, 0.25) is 17.7 Å². The zero-order valence-corrected chi connectivity index (χ0v) is 17.2. The van der Waals surface area contributed by atoms with Crippen LogP contribution < -0.4 is 21.7 Å². The second kappa shape index (κ2) is 13.4. The number of thioether (sulfide) groups is 1. The van der Waals surface area contributed by atoms with Gasteiger partial charge in [0.05, 0.1) is 18.9 Å². The smallest absolute Gasteiger partial charge is 0.326 e. The molecule has 0 bridgehead atoms. The van der Waals surface area contributed by atoms with Gasteiger partial charge >= 0.3 is 17.9 Å². The van der Waals surface area contributed by atoms with Crippen molar-refractivity contribution in [3.63, 3.8) is 0 Å². The predicted molar refractivity (Wildman–Crippen MR) is 105 cm³/mol. The summed E-state index contributed by atoms with van der Waals surface area (Å²) in [6, 6.07) is -5.56. The van der Waals surface area contributed by atoms with E-state index in [1.54, 1.807) is 0 Å². The number of rotatable bonds is 14. The van der Waals surface area contributed by atoms with Gasteiger partial charge in [0, 0.05) is 0 Å². The molecule has 13 nitrogen and oxygen atoms in total. The van der Waals surface area contributed by atoms with Crippen LogP contribution in [-0.4, -0.2) is 87.1 Å². The topological polar surface area (TPSA) is 225 Å². The number of aliphatic carboxylic acids is 3. The lowest BCUT2D eigenvalue weighted by Crippen LogP contribution is -2.57. The lowest BCUT2D eigenvalue weighted by Gasteiger charge is -2.22. The third-order valence-corrected chi connectivity index (χ3v) is 4.37. The monoisotopic (exact) mass is 450 g/mol. The van der Waals surface area contributed by atoms with E-state index in [9.17, 15) is 28.8 Å². The maximum atomic E-state index is 12.3. The fraction of sp³-hybridized carbons (Fsp3) is 0.625. The van der Waals surface area contributed by atoms with Crippen LogP contribution in [0.25, 0.3) is 0 Å². The van der Waals surface area contributed by atoms with Gasteiger partial charge in [-0.05, 0) is 25.4 Å². The van der Waals surface area contributed by atoms with Crippen molar-refractivity contribution >= 4 is 47.4 Å². The molecule has 0 spiro atoms. The number of carbonyl (C=O) groups excluding carboxylic acids is 3. The van der Waals surface area contributed by atoms with Gasteiger partial charge in [0.1, 0.15) is 18.1 Å². The first-order valence-electron chi connectivity index (χ1n) is 8.71. The second-order valence-electron chi connectivity index (χ2n) is 6.27. The normalized spacial score (nSPS) is 14.5. The Bertz CT molecular complexity index is 673. The van der Waals surface area contributed by atoms with Gasteiger partial charge in [-0.15, -0.1) is 0 Å². The maximum Gasteiger partial charge on any atom is 0.326 e. The van der Waals surface area contributed by atoms with E-state index in [-0.39, 0.29) is 0 Å². The van der Waals surface area contributed by atoms with Crippen LogP contribution in [0, 0.1) is 0 Å². The van der Waals surface area contributed by atoms with Crippen molar-refractivity contribution in [2.45, 2.75) is 50.4 Å². The number of hydrogen-bond acceptors (Lipinski definition) is 8. The van der Waals surface area contributed by atoms with E-state index in [2.05, 4.69) is 10.6 Å². The molecule has 0 saturated carbocycles. The van der Waals surface area contributed by atoms with E-state index >= 15 is 0 Å². The van der Waals surface area contributed by atoms with Crippen molar-refractivity contribution in [1.29, 1.82) is 0 Å². The first kappa shape index (κ1) is 27.1. The Morgan fingerprint density at radius 3 is 1.80 bits per heavy atom. The van der Waals surface area contributed by atoms with E-state index < -0.39 is 72.6 Å². The van der Waals surface area contributed by atoms with Crippen molar-refractivity contribution in [1.82, 2.24) is 16.0 Å². The lowest BCUT2D eigenvalue weighted by atomic mass is 10.1. The number of nitrogens with one attached hydrogen (secondary N) is 3. The van der Waals surface area contributed by atoms with Crippen molar-refractivity contribution in [2.75, 3.05) is 12.0 Å². The van der Waals surface area contributed by atoms with Gasteiger partial charge in [-0.2, -0.15) is 11.8 Å². The second-order valence-corrected chi connectivity index (χ2v) is 7.26. The Balaban J connectivity index is 5.09. The first-order valence-corrected chi connectivity index (χ1v) is 10.1. The quantitative estimate of drug-likeness (QED) is 0.147. The van der Waals surface area contributed by atoms with Crippen LogP contribution in [0.3, 0.4) is 0 Å². The van der Waals surface area contributed by atoms with E-state index in [0.717, 1.165) is 0 Å². The van der Waals surface area contributed by atoms with Gasteiger partial charge in [-0.3, -0.25) is 24.0 Å². The fourth-order valence-electron chi connectivity index (χ4n) is 2.09. The summed E-state index contributed by atoms with van der Waals surface area (Å²) in [7, 11) is 0. The summed E-state index contributed by atoms with van der Waals surface area (Å²) >= 11 is 1.48. The van der Waals surface area contributed by atoms with E-state index in [0.29, 0.717) is 12.2 Å². The Labute approximate surface area is 176 Å². The van der Waals surface area contributed by atoms with Gasteiger partial charge in [0.15, 0.2) is 0 Å². The largest absolute Gasteiger partial charge is 0.481 e. The molecule has 0 rings (SSSR count). The molecule has 170 valence electrons. The van der Waals surface area contributed by atoms with Crippen LogP contribution >= 0.6 is 11.8 Å². The molecule has 3 amide bonds. The van der Waals surface area contributed by atoms with Crippen molar-refractivity contribution in [3.05, 3.63) is 0 Å². The van der Waals surface area contributed by atoms with Gasteiger partial charge in [0.25, 0.3) is 0 Å². The minimum Gasteiger partial charge on any atom is -0.481 e. The summed E-state index contributed by atoms with van der Waals surface area (Å²) in [6.07, 6.45) is 0.353. The molecule has 0 aliphatic carbocycles. The fourth-order valence-corrected chi connectivity index (χ4v) is 2.58. The van der Waals surface area contributed by atoms with Gasteiger partial charge in [-0.25, -0.2) is 4.79 Å². The highest BCUT2D eigenvalue weighted by Gasteiger charge is 2.31. The summed E-state index contributed by atoms with van der Waals surface area (Å²) < 4.78 is 0. The van der Waals surface area contributed by atoms with Crippen LogP contribution in [0.2, 0.25) is 0 Å². The third kappa shape index (κ3) is 10.6. The van der Waals surface area contributed by atoms with Crippen LogP contribution in [0.5, 0.6) is 0 Å². The zero-order valence-electron chi connectivity index (χ0n) is 16.4. The molecule has 0 aliphatic rings. The van der Waals surface area contributed by atoms with E-state index in [4.69, 9.17) is 21.1 Å². The molecule has 0 heterocycles. The van der Waals surface area contributed by atoms with Crippen LogP contribution in [-0.2, 0) is 28.8 Å². The van der Waals surface area contributed by atoms with Crippen molar-refractivity contribution in [2.24, 2.45) is 5.73 Å². The highest BCUT2D eigenvalue weighted by Crippen LogP contribution is 2.01. The van der Waals surface area contributed by atoms with Gasteiger partial charge < -0.3 is 37.0 Å². The number of amides is 3. The summed E-state index contributed by atoms with van der Waals surface area (Å²) in [6.45, 7) is 1.29. The molecule has 0 aromatic heterocycles. The maximum absolute atomic E-state index is 12.3. The molecule has 8 N–H and O–H groups in total. The molecule has 0 aromatic carbocycles. The minimum absolute atomic E-state index is 0.367. The highest BCUT2D eigenvalue weighted by molar-refractivity contribution is 7.98. The molecular formula is C16H26N4O9S. The van der Waals surface area contributed by atoms with Crippen LogP contribution in [0.4, 0.5) is 0 Å². The summed E-state index contributed by atoms with van der Waals surface area (Å²) in [5.74, 6) is -6.73. The summed E-state index contributed by atoms with van der Waals surface area (Å²) in [5, 5.41) is 32.9. The molecule has 0 fully saturated rings. The zero-order chi connectivity index (χ0) is 23.4. The Morgan fingerprint density at radius 2 is 1.33 bits per heavy atom. The Morgan fingerprint density at radius 1 is 0.833 bits per heavy atom. The first-order chi connectivity index (χ1) is 13.9. The number of carboxylic acid groups (broad SMARTS) is 3. The van der Waals surface area contributed by atoms with Crippen LogP contribution in [0.1, 0.15) is 26.2 Å². The SMILES string of the molecule is CSCCC(N)C(=O)NC(C)C(=O)NC(CC(=O)O)C(=O)NC(CC(=O)O)C(=O)O. The van der Waals surface area contributed by atoms with Crippen molar-refractivity contribution in [3.8, 4) is 0 Å². The predicted octanol–water partition coefficient (Wildman–Crippen LogP) is -2.42. The number of hydrogen-bond donors (Lipinski definition) is 7. The van der Waals surface area contributed by atoms with Crippen molar-refractivity contribution < 1.29 is 44.1 Å². The molecule has 0 radical (unpaired) electrons. The number of carbonyl (C=O) groups is 6. The molecule has 0 aromatic rings.